The van der Waals surface area contributed by atoms with Gasteiger partial charge in [0.05, 0.1) is 6.54 Å². The Hall–Kier alpha value is -2.93. The average molecular weight is 373 g/mol. The van der Waals surface area contributed by atoms with Crippen LogP contribution in [0, 0.1) is 5.82 Å². The van der Waals surface area contributed by atoms with Crippen molar-refractivity contribution < 1.29 is 18.7 Å². The molecule has 0 bridgehead atoms. The van der Waals surface area contributed by atoms with Crippen molar-refractivity contribution >= 4 is 17.5 Å². The number of likely N-dealkylation sites (N-methyl/N-ethyl adjacent to an activating group) is 1. The van der Waals surface area contributed by atoms with E-state index in [4.69, 9.17) is 4.74 Å². The minimum absolute atomic E-state index is 0.0918. The van der Waals surface area contributed by atoms with Gasteiger partial charge in [-0.3, -0.25) is 14.5 Å². The van der Waals surface area contributed by atoms with Crippen LogP contribution in [0.5, 0.6) is 5.75 Å². The first-order valence-electron chi connectivity index (χ1n) is 8.53. The minimum Gasteiger partial charge on any atom is -0.492 e. The summed E-state index contributed by atoms with van der Waals surface area (Å²) in [6.45, 7) is 1.04. The molecule has 2 rings (SSSR count). The highest BCUT2D eigenvalue weighted by Gasteiger charge is 2.10. The molecule has 0 aromatic heterocycles. The topological polar surface area (TPSA) is 61.9 Å². The van der Waals surface area contributed by atoms with Crippen molar-refractivity contribution in [1.29, 1.82) is 0 Å². The van der Waals surface area contributed by atoms with Crippen LogP contribution in [0.25, 0.3) is 0 Å². The van der Waals surface area contributed by atoms with Gasteiger partial charge in [0.1, 0.15) is 18.2 Å². The first-order valence-corrected chi connectivity index (χ1v) is 8.53. The van der Waals surface area contributed by atoms with Crippen LogP contribution in [-0.2, 0) is 4.79 Å². The Morgan fingerprint density at radius 3 is 2.41 bits per heavy atom. The molecule has 0 aliphatic carbocycles. The quantitative estimate of drug-likeness (QED) is 0.772. The van der Waals surface area contributed by atoms with Gasteiger partial charge in [-0.1, -0.05) is 6.07 Å². The van der Waals surface area contributed by atoms with Crippen LogP contribution < -0.4 is 10.1 Å². The lowest BCUT2D eigenvalue weighted by Gasteiger charge is -2.17. The second-order valence-corrected chi connectivity index (χ2v) is 6.37. The van der Waals surface area contributed by atoms with E-state index in [2.05, 4.69) is 5.32 Å². The van der Waals surface area contributed by atoms with Crippen molar-refractivity contribution in [2.24, 2.45) is 0 Å². The lowest BCUT2D eigenvalue weighted by atomic mass is 10.2. The number of nitrogens with zero attached hydrogens (tertiary/aromatic N) is 2. The molecule has 0 spiro atoms. The normalized spacial score (nSPS) is 10.6. The molecule has 0 aliphatic heterocycles. The van der Waals surface area contributed by atoms with Gasteiger partial charge < -0.3 is 15.0 Å². The molecule has 2 aromatic rings. The summed E-state index contributed by atoms with van der Waals surface area (Å²) < 4.78 is 18.5. The summed E-state index contributed by atoms with van der Waals surface area (Å²) in [6, 6.07) is 12.7. The van der Waals surface area contributed by atoms with Crippen molar-refractivity contribution in [1.82, 2.24) is 9.80 Å². The number of nitrogens with one attached hydrogen (secondary N) is 1. The van der Waals surface area contributed by atoms with Crippen molar-refractivity contribution in [2.45, 2.75) is 0 Å². The van der Waals surface area contributed by atoms with Crippen LogP contribution in [0.15, 0.2) is 48.5 Å². The lowest BCUT2D eigenvalue weighted by Crippen LogP contribution is -2.33. The highest BCUT2D eigenvalue weighted by atomic mass is 19.1. The van der Waals surface area contributed by atoms with E-state index in [1.165, 1.54) is 17.0 Å². The van der Waals surface area contributed by atoms with E-state index in [0.29, 0.717) is 30.2 Å². The molecule has 2 aromatic carbocycles. The largest absolute Gasteiger partial charge is 0.492 e. The number of hydrogen-bond acceptors (Lipinski definition) is 4. The van der Waals surface area contributed by atoms with Gasteiger partial charge in [-0.05, 0) is 43.4 Å². The van der Waals surface area contributed by atoms with E-state index in [1.807, 2.05) is 0 Å². The number of anilines is 1. The molecule has 144 valence electrons. The van der Waals surface area contributed by atoms with Gasteiger partial charge in [-0.25, -0.2) is 4.39 Å². The summed E-state index contributed by atoms with van der Waals surface area (Å²) in [5.74, 6) is -0.153. The molecule has 0 atom stereocenters. The number of benzene rings is 2. The summed E-state index contributed by atoms with van der Waals surface area (Å²) in [6.07, 6.45) is 0. The molecule has 0 radical (unpaired) electrons. The van der Waals surface area contributed by atoms with E-state index in [1.54, 1.807) is 62.4 Å². The van der Waals surface area contributed by atoms with Crippen LogP contribution in [0.4, 0.5) is 10.1 Å². The van der Waals surface area contributed by atoms with E-state index >= 15 is 0 Å². The number of rotatable bonds is 8. The highest BCUT2D eigenvalue weighted by Crippen LogP contribution is 2.12. The summed E-state index contributed by atoms with van der Waals surface area (Å²) in [5.41, 5.74) is 1.18. The third-order valence-corrected chi connectivity index (χ3v) is 3.77. The molecule has 0 saturated heterocycles. The number of hydrogen-bond donors (Lipinski definition) is 1. The number of amides is 2. The average Bonchev–Trinajstić information content (AvgIpc) is 2.61. The fourth-order valence-corrected chi connectivity index (χ4v) is 2.36. The molecule has 0 heterocycles. The van der Waals surface area contributed by atoms with Crippen LogP contribution in [0.3, 0.4) is 0 Å². The second kappa shape index (κ2) is 9.68. The number of carbonyl (C=O) groups is 2. The summed E-state index contributed by atoms with van der Waals surface area (Å²) in [5, 5.41) is 2.79. The van der Waals surface area contributed by atoms with E-state index in [0.717, 1.165) is 0 Å². The monoisotopic (exact) mass is 373 g/mol. The smallest absolute Gasteiger partial charge is 0.253 e. The van der Waals surface area contributed by atoms with Gasteiger partial charge in [-0.2, -0.15) is 0 Å². The lowest BCUT2D eigenvalue weighted by molar-refractivity contribution is -0.117. The van der Waals surface area contributed by atoms with Crippen LogP contribution in [-0.4, -0.2) is 62.5 Å². The number of carbonyl (C=O) groups excluding carboxylic acids is 2. The zero-order chi connectivity index (χ0) is 19.8. The van der Waals surface area contributed by atoms with Crippen molar-refractivity contribution in [3.63, 3.8) is 0 Å². The minimum atomic E-state index is -0.349. The van der Waals surface area contributed by atoms with Crippen LogP contribution in [0.2, 0.25) is 0 Å². The van der Waals surface area contributed by atoms with Gasteiger partial charge in [0.2, 0.25) is 5.91 Å². The Morgan fingerprint density at radius 2 is 1.78 bits per heavy atom. The van der Waals surface area contributed by atoms with Gasteiger partial charge in [0.25, 0.3) is 5.91 Å². The van der Waals surface area contributed by atoms with E-state index < -0.39 is 0 Å². The molecular weight excluding hydrogens is 349 g/mol. The molecule has 0 unspecified atom stereocenters. The Labute approximate surface area is 158 Å². The maximum Gasteiger partial charge on any atom is 0.253 e. The van der Waals surface area contributed by atoms with Crippen LogP contribution in [0.1, 0.15) is 10.4 Å². The van der Waals surface area contributed by atoms with Crippen molar-refractivity contribution in [3.8, 4) is 5.75 Å². The maximum absolute atomic E-state index is 13.1. The number of ether oxygens (including phenoxy) is 1. The molecular formula is C20H24FN3O3. The second-order valence-electron chi connectivity index (χ2n) is 6.37. The highest BCUT2D eigenvalue weighted by molar-refractivity contribution is 5.95. The first kappa shape index (κ1) is 20.4. The zero-order valence-corrected chi connectivity index (χ0v) is 15.7. The summed E-state index contributed by atoms with van der Waals surface area (Å²) >= 11 is 0. The summed E-state index contributed by atoms with van der Waals surface area (Å²) in [7, 11) is 5.17. The summed E-state index contributed by atoms with van der Waals surface area (Å²) in [4.78, 5) is 27.3. The Bertz CT molecular complexity index is 778. The standard InChI is InChI=1S/C20H24FN3O3/c1-23(2)20(26)15-7-9-17(10-8-15)22-19(25)14-24(3)11-12-27-18-6-4-5-16(21)13-18/h4-10,13H,11-12,14H2,1-3H3,(H,22,25). The Morgan fingerprint density at radius 1 is 1.07 bits per heavy atom. The predicted molar refractivity (Wildman–Crippen MR) is 102 cm³/mol. The Kier molecular flexibility index (Phi) is 7.31. The molecule has 2 amide bonds. The predicted octanol–water partition coefficient (Wildman–Crippen LogP) is 2.48. The molecule has 7 heteroatoms. The third kappa shape index (κ3) is 6.71. The molecule has 27 heavy (non-hydrogen) atoms. The third-order valence-electron chi connectivity index (χ3n) is 3.77. The molecule has 0 saturated carbocycles. The molecule has 0 aliphatic rings. The Balaban J connectivity index is 1.75. The van der Waals surface area contributed by atoms with Gasteiger partial charge in [0.15, 0.2) is 0 Å². The van der Waals surface area contributed by atoms with Gasteiger partial charge in [0, 0.05) is 38.0 Å². The maximum atomic E-state index is 13.1. The van der Waals surface area contributed by atoms with E-state index in [9.17, 15) is 14.0 Å². The van der Waals surface area contributed by atoms with Crippen molar-refractivity contribution in [2.75, 3.05) is 46.2 Å². The van der Waals surface area contributed by atoms with Gasteiger partial charge in [-0.15, -0.1) is 0 Å². The molecule has 0 fully saturated rings. The number of halogens is 1. The fourth-order valence-electron chi connectivity index (χ4n) is 2.36. The van der Waals surface area contributed by atoms with E-state index in [-0.39, 0.29) is 24.2 Å². The SMILES string of the molecule is CN(CCOc1cccc(F)c1)CC(=O)Nc1ccc(C(=O)N(C)C)cc1. The van der Waals surface area contributed by atoms with Gasteiger partial charge >= 0.3 is 0 Å². The molecule has 6 nitrogen and oxygen atoms in total. The molecule has 1 N–H and O–H groups in total. The van der Waals surface area contributed by atoms with Crippen molar-refractivity contribution in [3.05, 3.63) is 59.9 Å². The zero-order valence-electron chi connectivity index (χ0n) is 15.7. The fraction of sp³-hybridized carbons (Fsp3) is 0.300. The first-order chi connectivity index (χ1) is 12.8. The van der Waals surface area contributed by atoms with Crippen LogP contribution >= 0.6 is 0 Å².